The number of amides is 1. The molecule has 2 rings (SSSR count). The van der Waals surface area contributed by atoms with Gasteiger partial charge in [0.1, 0.15) is 0 Å². The average molecular weight is 329 g/mol. The zero-order chi connectivity index (χ0) is 17.0. The van der Waals surface area contributed by atoms with Crippen LogP contribution >= 0.6 is 0 Å². The maximum atomic E-state index is 12.5. The Kier molecular flexibility index (Phi) is 5.28. The number of rotatable bonds is 4. The first kappa shape index (κ1) is 17.3. The van der Waals surface area contributed by atoms with Gasteiger partial charge in [0, 0.05) is 13.1 Å². The number of aliphatic carboxylic acids is 1. The molecule has 1 N–H and O–H groups in total. The van der Waals surface area contributed by atoms with Gasteiger partial charge in [-0.1, -0.05) is 30.3 Å². The number of alkyl halides is 3. The van der Waals surface area contributed by atoms with E-state index in [1.807, 2.05) is 30.3 Å². The molecule has 7 heteroatoms. The molecule has 4 nitrogen and oxygen atoms in total. The second-order valence-corrected chi connectivity index (χ2v) is 5.74. The van der Waals surface area contributed by atoms with E-state index >= 15 is 0 Å². The van der Waals surface area contributed by atoms with Crippen molar-refractivity contribution in [1.29, 1.82) is 0 Å². The van der Waals surface area contributed by atoms with E-state index in [0.29, 0.717) is 12.8 Å². The number of carboxylic acid groups (broad SMARTS) is 1. The lowest BCUT2D eigenvalue weighted by Gasteiger charge is -2.36. The number of carbonyl (C=O) groups is 2. The summed E-state index contributed by atoms with van der Waals surface area (Å²) < 4.78 is 37.4. The van der Waals surface area contributed by atoms with Gasteiger partial charge in [-0.05, 0) is 30.2 Å². The van der Waals surface area contributed by atoms with Gasteiger partial charge in [-0.25, -0.2) is 0 Å². The van der Waals surface area contributed by atoms with E-state index in [9.17, 15) is 22.8 Å². The smallest absolute Gasteiger partial charge is 0.471 e. The minimum Gasteiger partial charge on any atom is -0.481 e. The lowest BCUT2D eigenvalue weighted by atomic mass is 9.78. The van der Waals surface area contributed by atoms with Crippen molar-refractivity contribution in [2.45, 2.75) is 31.4 Å². The maximum Gasteiger partial charge on any atom is 0.471 e. The summed E-state index contributed by atoms with van der Waals surface area (Å²) >= 11 is 0. The number of hydrogen-bond donors (Lipinski definition) is 1. The van der Waals surface area contributed by atoms with E-state index in [-0.39, 0.29) is 31.3 Å². The molecule has 1 aromatic rings. The van der Waals surface area contributed by atoms with Crippen LogP contribution in [0, 0.1) is 5.92 Å². The first-order chi connectivity index (χ1) is 10.8. The predicted octanol–water partition coefficient (Wildman–Crippen LogP) is 3.05. The van der Waals surface area contributed by atoms with Crippen molar-refractivity contribution >= 4 is 11.9 Å². The topological polar surface area (TPSA) is 57.6 Å². The third-order valence-electron chi connectivity index (χ3n) is 4.26. The van der Waals surface area contributed by atoms with Crippen LogP contribution in [0.2, 0.25) is 0 Å². The minimum atomic E-state index is -4.85. The van der Waals surface area contributed by atoms with Gasteiger partial charge in [0.25, 0.3) is 0 Å². The number of benzene rings is 1. The fourth-order valence-corrected chi connectivity index (χ4v) is 3.13. The second-order valence-electron chi connectivity index (χ2n) is 5.74. The molecule has 1 atom stereocenters. The average Bonchev–Trinajstić information content (AvgIpc) is 2.52. The molecule has 0 saturated carbocycles. The Labute approximate surface area is 131 Å². The normalized spacial score (nSPS) is 17.8. The molecule has 0 aromatic heterocycles. The first-order valence-electron chi connectivity index (χ1n) is 7.42. The van der Waals surface area contributed by atoms with E-state index < -0.39 is 18.1 Å². The van der Waals surface area contributed by atoms with E-state index in [4.69, 9.17) is 5.11 Å². The van der Waals surface area contributed by atoms with Gasteiger partial charge < -0.3 is 10.0 Å². The van der Waals surface area contributed by atoms with Gasteiger partial charge in [0.15, 0.2) is 0 Å². The van der Waals surface area contributed by atoms with Crippen molar-refractivity contribution in [3.63, 3.8) is 0 Å². The van der Waals surface area contributed by atoms with Crippen LogP contribution in [-0.4, -0.2) is 41.1 Å². The fraction of sp³-hybridized carbons (Fsp3) is 0.500. The monoisotopic (exact) mass is 329 g/mol. The molecule has 1 fully saturated rings. The molecule has 1 amide bonds. The molecular weight excluding hydrogens is 311 g/mol. The molecular formula is C16H18F3NO3. The highest BCUT2D eigenvalue weighted by molar-refractivity contribution is 5.81. The van der Waals surface area contributed by atoms with Crippen molar-refractivity contribution in [2.24, 2.45) is 5.92 Å². The molecule has 0 aliphatic carbocycles. The molecule has 1 unspecified atom stereocenters. The third kappa shape index (κ3) is 4.46. The highest BCUT2D eigenvalue weighted by atomic mass is 19.4. The zero-order valence-electron chi connectivity index (χ0n) is 12.4. The molecule has 1 saturated heterocycles. The fourth-order valence-electron chi connectivity index (χ4n) is 3.13. The quantitative estimate of drug-likeness (QED) is 0.924. The van der Waals surface area contributed by atoms with Gasteiger partial charge in [0.05, 0.1) is 6.42 Å². The number of carbonyl (C=O) groups excluding carboxylic acids is 1. The zero-order valence-corrected chi connectivity index (χ0v) is 12.4. The molecule has 0 spiro atoms. The summed E-state index contributed by atoms with van der Waals surface area (Å²) in [6, 6.07) is 9.12. The molecule has 1 aliphatic rings. The summed E-state index contributed by atoms with van der Waals surface area (Å²) in [4.78, 5) is 23.2. The Bertz CT molecular complexity index is 551. The van der Waals surface area contributed by atoms with Crippen molar-refractivity contribution in [2.75, 3.05) is 13.1 Å². The van der Waals surface area contributed by atoms with Crippen LogP contribution in [0.25, 0.3) is 0 Å². The molecule has 0 bridgehead atoms. The van der Waals surface area contributed by atoms with Gasteiger partial charge in [-0.15, -0.1) is 0 Å². The number of likely N-dealkylation sites (tertiary alicyclic amines) is 1. The molecule has 1 aromatic carbocycles. The number of carboxylic acids is 1. The highest BCUT2D eigenvalue weighted by Gasteiger charge is 2.43. The Balaban J connectivity index is 2.06. The number of piperidine rings is 1. The predicted molar refractivity (Wildman–Crippen MR) is 76.8 cm³/mol. The van der Waals surface area contributed by atoms with Gasteiger partial charge in [-0.3, -0.25) is 9.59 Å². The minimum absolute atomic E-state index is 0.00592. The SMILES string of the molecule is O=C(O)CC(c1ccccc1)C1CCN(C(=O)C(F)(F)F)CC1. The Morgan fingerprint density at radius 3 is 2.22 bits per heavy atom. The third-order valence-corrected chi connectivity index (χ3v) is 4.26. The summed E-state index contributed by atoms with van der Waals surface area (Å²) in [5, 5.41) is 9.11. The summed E-state index contributed by atoms with van der Waals surface area (Å²) in [5.41, 5.74) is 0.871. The van der Waals surface area contributed by atoms with Crippen LogP contribution in [0.4, 0.5) is 13.2 Å². The van der Waals surface area contributed by atoms with Gasteiger partial charge >= 0.3 is 18.1 Å². The summed E-state index contributed by atoms with van der Waals surface area (Å²) in [5.74, 6) is -3.05. The highest BCUT2D eigenvalue weighted by Crippen LogP contribution is 2.36. The summed E-state index contributed by atoms with van der Waals surface area (Å²) in [7, 11) is 0. The number of nitrogens with zero attached hydrogens (tertiary/aromatic N) is 1. The largest absolute Gasteiger partial charge is 0.481 e. The first-order valence-corrected chi connectivity index (χ1v) is 7.42. The lowest BCUT2D eigenvalue weighted by molar-refractivity contribution is -0.186. The van der Waals surface area contributed by atoms with Crippen LogP contribution in [0.1, 0.15) is 30.7 Å². The summed E-state index contributed by atoms with van der Waals surface area (Å²) in [6.07, 6.45) is -4.18. The van der Waals surface area contributed by atoms with Crippen molar-refractivity contribution in [1.82, 2.24) is 4.90 Å². The van der Waals surface area contributed by atoms with Gasteiger partial charge in [-0.2, -0.15) is 13.2 Å². The van der Waals surface area contributed by atoms with E-state index in [1.54, 1.807) is 0 Å². The van der Waals surface area contributed by atoms with Crippen LogP contribution in [0.15, 0.2) is 30.3 Å². The number of halogens is 3. The Morgan fingerprint density at radius 2 is 1.74 bits per heavy atom. The van der Waals surface area contributed by atoms with Crippen LogP contribution in [0.3, 0.4) is 0 Å². The summed E-state index contributed by atoms with van der Waals surface area (Å²) in [6.45, 7) is 0.0118. The molecule has 126 valence electrons. The standard InChI is InChI=1S/C16H18F3NO3/c17-16(18,19)15(23)20-8-6-12(7-9-20)13(10-14(21)22)11-4-2-1-3-5-11/h1-5,12-13H,6-10H2,(H,21,22). The molecule has 0 radical (unpaired) electrons. The molecule has 23 heavy (non-hydrogen) atoms. The Hall–Kier alpha value is -2.05. The van der Waals surface area contributed by atoms with E-state index in [2.05, 4.69) is 0 Å². The van der Waals surface area contributed by atoms with Crippen LogP contribution in [0.5, 0.6) is 0 Å². The van der Waals surface area contributed by atoms with Crippen molar-refractivity contribution < 1.29 is 27.9 Å². The van der Waals surface area contributed by atoms with Gasteiger partial charge in [0.2, 0.25) is 0 Å². The maximum absolute atomic E-state index is 12.5. The van der Waals surface area contributed by atoms with Crippen molar-refractivity contribution in [3.05, 3.63) is 35.9 Å². The molecule has 1 heterocycles. The van der Waals surface area contributed by atoms with E-state index in [0.717, 1.165) is 10.5 Å². The second kappa shape index (κ2) is 7.02. The van der Waals surface area contributed by atoms with Crippen LogP contribution < -0.4 is 0 Å². The number of hydrogen-bond acceptors (Lipinski definition) is 2. The van der Waals surface area contributed by atoms with Crippen LogP contribution in [-0.2, 0) is 9.59 Å². The molecule has 1 aliphatic heterocycles. The lowest BCUT2D eigenvalue weighted by Crippen LogP contribution is -2.46. The van der Waals surface area contributed by atoms with Crippen molar-refractivity contribution in [3.8, 4) is 0 Å². The Morgan fingerprint density at radius 1 is 1.17 bits per heavy atom. The van der Waals surface area contributed by atoms with E-state index in [1.165, 1.54) is 0 Å².